The Bertz CT molecular complexity index is 1460. The van der Waals surface area contributed by atoms with E-state index in [-0.39, 0.29) is 24.1 Å². The fourth-order valence-electron chi connectivity index (χ4n) is 5.14. The van der Waals surface area contributed by atoms with Crippen LogP contribution in [0.15, 0.2) is 65.7 Å². The molecule has 1 saturated heterocycles. The van der Waals surface area contributed by atoms with E-state index in [9.17, 15) is 10.0 Å². The van der Waals surface area contributed by atoms with Crippen molar-refractivity contribution in [3.05, 3.63) is 82.5 Å². The lowest BCUT2D eigenvalue weighted by Gasteiger charge is -2.22. The normalized spacial score (nSPS) is 16.8. The monoisotopic (exact) mass is 657 g/mol. The third-order valence-electron chi connectivity index (χ3n) is 7.37. The highest BCUT2D eigenvalue weighted by Crippen LogP contribution is 2.47. The van der Waals surface area contributed by atoms with Gasteiger partial charge in [-0.15, -0.1) is 0 Å². The van der Waals surface area contributed by atoms with Crippen LogP contribution in [-0.4, -0.2) is 50.1 Å². The van der Waals surface area contributed by atoms with E-state index in [2.05, 4.69) is 0 Å². The number of allylic oxidation sites excluding steroid dienone is 1. The van der Waals surface area contributed by atoms with Crippen LogP contribution in [-0.2, 0) is 16.0 Å². The fourth-order valence-corrected chi connectivity index (χ4v) is 6.09. The van der Waals surface area contributed by atoms with Gasteiger partial charge < -0.3 is 28.4 Å². The Balaban J connectivity index is 1.63. The summed E-state index contributed by atoms with van der Waals surface area (Å²) in [5, 5.41) is 11.3. The zero-order valence-corrected chi connectivity index (χ0v) is 27.9. The largest absolute Gasteiger partial charge is 0.493 e. The van der Waals surface area contributed by atoms with Crippen LogP contribution < -0.4 is 23.7 Å². The molecule has 0 aliphatic carbocycles. The van der Waals surface area contributed by atoms with Crippen molar-refractivity contribution in [1.29, 1.82) is 0 Å². The standard InChI is InChI=1S/C34H40ClNO8S/c1-7-32(37)36(38)16-8-9-22-17-23(18-29(39-3)33(22)43-21(2)45-26-12-10-25(35)11-13-26)27-14-15-28(44-27)24-19-30(40-4)34(42-6)31(20-24)41-5/h8,10-13,16-21,27-28,38H,7,9,14-15H2,1-6H3/b16-8+. The van der Waals surface area contributed by atoms with Crippen LogP contribution >= 0.6 is 23.4 Å². The molecule has 1 aliphatic rings. The van der Waals surface area contributed by atoms with Gasteiger partial charge in [-0.3, -0.25) is 10.0 Å². The molecule has 0 radical (unpaired) electrons. The summed E-state index contributed by atoms with van der Waals surface area (Å²) in [6.45, 7) is 3.65. The van der Waals surface area contributed by atoms with Crippen molar-refractivity contribution in [3.8, 4) is 28.7 Å². The summed E-state index contributed by atoms with van der Waals surface area (Å²) in [4.78, 5) is 12.9. The Morgan fingerprint density at radius 1 is 0.956 bits per heavy atom. The number of amides is 1. The van der Waals surface area contributed by atoms with Crippen LogP contribution in [0, 0.1) is 0 Å². The van der Waals surface area contributed by atoms with Gasteiger partial charge in [0, 0.05) is 28.1 Å². The van der Waals surface area contributed by atoms with Crippen molar-refractivity contribution in [2.75, 3.05) is 28.4 Å². The minimum absolute atomic E-state index is 0.185. The predicted octanol–water partition coefficient (Wildman–Crippen LogP) is 8.17. The van der Waals surface area contributed by atoms with Gasteiger partial charge in [-0.1, -0.05) is 36.4 Å². The lowest BCUT2D eigenvalue weighted by Crippen LogP contribution is -2.20. The number of carbonyl (C=O) groups excluding carboxylic acids is 1. The van der Waals surface area contributed by atoms with Gasteiger partial charge in [0.1, 0.15) is 5.44 Å². The molecule has 3 unspecified atom stereocenters. The lowest BCUT2D eigenvalue weighted by molar-refractivity contribution is -0.153. The first-order chi connectivity index (χ1) is 21.7. The fraction of sp³-hybridized carbons (Fsp3) is 0.382. The van der Waals surface area contributed by atoms with Gasteiger partial charge in [0.2, 0.25) is 11.7 Å². The van der Waals surface area contributed by atoms with Crippen LogP contribution in [0.5, 0.6) is 28.7 Å². The van der Waals surface area contributed by atoms with Gasteiger partial charge in [-0.2, -0.15) is 5.06 Å². The number of ether oxygens (including phenoxy) is 6. The first-order valence-electron chi connectivity index (χ1n) is 14.6. The highest BCUT2D eigenvalue weighted by atomic mass is 35.5. The van der Waals surface area contributed by atoms with Gasteiger partial charge in [0.15, 0.2) is 23.0 Å². The van der Waals surface area contributed by atoms with Crippen LogP contribution in [0.4, 0.5) is 0 Å². The first kappa shape index (κ1) is 34.3. The molecule has 3 aromatic rings. The van der Waals surface area contributed by atoms with E-state index in [4.69, 9.17) is 40.0 Å². The third kappa shape index (κ3) is 8.58. The molecule has 3 aromatic carbocycles. The molecule has 1 aliphatic heterocycles. The van der Waals surface area contributed by atoms with Crippen LogP contribution in [0.1, 0.15) is 62.0 Å². The molecule has 45 heavy (non-hydrogen) atoms. The maximum absolute atomic E-state index is 11.9. The second kappa shape index (κ2) is 16.1. The molecule has 0 aromatic heterocycles. The minimum Gasteiger partial charge on any atom is -0.493 e. The summed E-state index contributed by atoms with van der Waals surface area (Å²) in [6.07, 6.45) is 4.78. The van der Waals surface area contributed by atoms with Gasteiger partial charge in [-0.25, -0.2) is 0 Å². The Morgan fingerprint density at radius 2 is 1.51 bits per heavy atom. The average Bonchev–Trinajstić information content (AvgIpc) is 3.55. The average molecular weight is 658 g/mol. The van der Waals surface area contributed by atoms with Crippen molar-refractivity contribution in [1.82, 2.24) is 5.06 Å². The molecule has 1 N–H and O–H groups in total. The van der Waals surface area contributed by atoms with Crippen molar-refractivity contribution in [2.45, 2.75) is 62.1 Å². The number of hydrogen-bond acceptors (Lipinski definition) is 9. The van der Waals surface area contributed by atoms with E-state index in [1.807, 2.05) is 55.5 Å². The summed E-state index contributed by atoms with van der Waals surface area (Å²) < 4.78 is 35.5. The summed E-state index contributed by atoms with van der Waals surface area (Å²) in [5.41, 5.74) is 2.41. The molecule has 3 atom stereocenters. The maximum Gasteiger partial charge on any atom is 0.249 e. The number of methoxy groups -OCH3 is 4. The Hall–Kier alpha value is -3.57. The van der Waals surface area contributed by atoms with Crippen molar-refractivity contribution in [3.63, 3.8) is 0 Å². The number of nitrogens with zero attached hydrogens (tertiary/aromatic N) is 1. The van der Waals surface area contributed by atoms with Crippen molar-refractivity contribution in [2.24, 2.45) is 0 Å². The van der Waals surface area contributed by atoms with Crippen LogP contribution in [0.2, 0.25) is 5.02 Å². The molecule has 1 fully saturated rings. The van der Waals surface area contributed by atoms with E-state index in [0.29, 0.717) is 45.3 Å². The van der Waals surface area contributed by atoms with E-state index in [0.717, 1.165) is 34.4 Å². The van der Waals surface area contributed by atoms with E-state index < -0.39 is 5.91 Å². The lowest BCUT2D eigenvalue weighted by atomic mass is 9.99. The van der Waals surface area contributed by atoms with Crippen molar-refractivity contribution >= 4 is 29.3 Å². The smallest absolute Gasteiger partial charge is 0.249 e. The first-order valence-corrected chi connectivity index (χ1v) is 15.9. The Kier molecular flexibility index (Phi) is 12.3. The molecule has 0 bridgehead atoms. The van der Waals surface area contributed by atoms with Crippen molar-refractivity contribution < 1.29 is 38.4 Å². The molecular formula is C34H40ClNO8S. The summed E-state index contributed by atoms with van der Waals surface area (Å²) in [6, 6.07) is 15.4. The molecule has 1 heterocycles. The van der Waals surface area contributed by atoms with E-state index in [1.54, 1.807) is 53.2 Å². The zero-order valence-electron chi connectivity index (χ0n) is 26.4. The molecule has 11 heteroatoms. The number of hydroxylamine groups is 2. The second-order valence-corrected chi connectivity index (χ2v) is 12.1. The number of thioether (sulfide) groups is 1. The van der Waals surface area contributed by atoms with E-state index in [1.165, 1.54) is 6.20 Å². The molecule has 1 amide bonds. The topological polar surface area (TPSA) is 95.9 Å². The number of benzene rings is 3. The molecule has 4 rings (SSSR count). The third-order valence-corrected chi connectivity index (χ3v) is 8.59. The summed E-state index contributed by atoms with van der Waals surface area (Å²) in [7, 11) is 6.36. The maximum atomic E-state index is 11.9. The quantitative estimate of drug-likeness (QED) is 0.0797. The molecule has 242 valence electrons. The molecular weight excluding hydrogens is 618 g/mol. The molecule has 9 nitrogen and oxygen atoms in total. The Morgan fingerprint density at radius 3 is 2.04 bits per heavy atom. The number of rotatable bonds is 14. The zero-order chi connectivity index (χ0) is 32.5. The number of hydrogen-bond donors (Lipinski definition) is 1. The highest BCUT2D eigenvalue weighted by Gasteiger charge is 2.31. The number of carbonyl (C=O) groups is 1. The SMILES string of the molecule is CCC(=O)N(O)/C=C/Cc1cc(C2CCC(c3cc(OC)c(OC)c(OC)c3)O2)cc(OC)c1OC(C)Sc1ccc(Cl)cc1. The predicted molar refractivity (Wildman–Crippen MR) is 174 cm³/mol. The van der Waals surface area contributed by atoms with E-state index >= 15 is 0 Å². The van der Waals surface area contributed by atoms with Crippen LogP contribution in [0.25, 0.3) is 0 Å². The summed E-state index contributed by atoms with van der Waals surface area (Å²) in [5.74, 6) is 2.40. The van der Waals surface area contributed by atoms with Crippen LogP contribution in [0.3, 0.4) is 0 Å². The molecule has 0 saturated carbocycles. The Labute approximate surface area is 273 Å². The summed E-state index contributed by atoms with van der Waals surface area (Å²) >= 11 is 7.60. The highest BCUT2D eigenvalue weighted by molar-refractivity contribution is 7.99. The second-order valence-electron chi connectivity index (χ2n) is 10.3. The van der Waals surface area contributed by atoms with Gasteiger partial charge in [0.05, 0.1) is 40.6 Å². The number of halogens is 1. The molecule has 0 spiro atoms. The van der Waals surface area contributed by atoms with Gasteiger partial charge in [-0.05, 0) is 85.8 Å². The minimum atomic E-state index is -0.403. The van der Waals surface area contributed by atoms with Gasteiger partial charge in [0.25, 0.3) is 0 Å². The van der Waals surface area contributed by atoms with Gasteiger partial charge >= 0.3 is 0 Å².